The number of benzene rings is 3. The molecular weight excluding hydrogens is 522 g/mol. The van der Waals surface area contributed by atoms with E-state index in [1.54, 1.807) is 88.5 Å². The lowest BCUT2D eigenvalue weighted by Crippen LogP contribution is -2.34. The van der Waals surface area contributed by atoms with Gasteiger partial charge in [-0.25, -0.2) is 24.1 Å². The van der Waals surface area contributed by atoms with Crippen LogP contribution in [0.4, 0.5) is 22.0 Å². The first-order chi connectivity index (χ1) is 19.5. The molecule has 2 heterocycles. The molecule has 11 heteroatoms. The van der Waals surface area contributed by atoms with Crippen LogP contribution < -0.4 is 21.6 Å². The van der Waals surface area contributed by atoms with Crippen LogP contribution in [0.3, 0.4) is 0 Å². The van der Waals surface area contributed by atoms with Gasteiger partial charge in [-0.05, 0) is 75.4 Å². The van der Waals surface area contributed by atoms with Crippen LogP contribution in [-0.2, 0) is 4.74 Å². The number of ether oxygens (including phenoxy) is 1. The third-order valence-electron chi connectivity index (χ3n) is 6.21. The second kappa shape index (κ2) is 10.6. The normalized spacial score (nSPS) is 11.3. The molecule has 0 aliphatic carbocycles. The second-order valence-electron chi connectivity index (χ2n) is 10.3. The molecule has 5 rings (SSSR count). The van der Waals surface area contributed by atoms with Gasteiger partial charge < -0.3 is 15.8 Å². The molecule has 0 aliphatic heterocycles. The molecule has 0 saturated carbocycles. The van der Waals surface area contributed by atoms with Crippen molar-refractivity contribution in [2.24, 2.45) is 0 Å². The predicted octanol–water partition coefficient (Wildman–Crippen LogP) is 4.78. The van der Waals surface area contributed by atoms with E-state index in [1.807, 2.05) is 18.2 Å². The third kappa shape index (κ3) is 5.50. The molecule has 2 amide bonds. The molecule has 208 valence electrons. The Kier molecular flexibility index (Phi) is 7.02. The molecule has 0 atom stereocenters. The van der Waals surface area contributed by atoms with Gasteiger partial charge in [-0.15, -0.1) is 0 Å². The number of carbonyl (C=O) groups excluding carboxylic acids is 2. The van der Waals surface area contributed by atoms with Gasteiger partial charge >= 0.3 is 11.8 Å². The SMILES string of the molecule is CN(C(=O)OC(C)(C)C)c1cccc(-n2c(=O)n(-c3ccc(C(=O)Nc4ccccc4)cc3)c3c(N)ncnc32)c1. The van der Waals surface area contributed by atoms with Gasteiger partial charge in [-0.2, -0.15) is 0 Å². The first kappa shape index (κ1) is 27.1. The Balaban J connectivity index is 1.54. The van der Waals surface area contributed by atoms with E-state index >= 15 is 0 Å². The van der Waals surface area contributed by atoms with Gasteiger partial charge in [-0.3, -0.25) is 14.3 Å². The lowest BCUT2D eigenvalue weighted by atomic mass is 10.2. The van der Waals surface area contributed by atoms with Gasteiger partial charge in [0.25, 0.3) is 5.91 Å². The number of para-hydroxylation sites is 1. The highest BCUT2D eigenvalue weighted by Crippen LogP contribution is 2.26. The van der Waals surface area contributed by atoms with Crippen molar-refractivity contribution in [3.05, 3.63) is 101 Å². The Labute approximate surface area is 235 Å². The lowest BCUT2D eigenvalue weighted by molar-refractivity contribution is 0.0589. The van der Waals surface area contributed by atoms with Crippen molar-refractivity contribution in [3.8, 4) is 11.4 Å². The van der Waals surface area contributed by atoms with Gasteiger partial charge in [-0.1, -0.05) is 24.3 Å². The Morgan fingerprint density at radius 2 is 1.61 bits per heavy atom. The maximum atomic E-state index is 13.9. The van der Waals surface area contributed by atoms with E-state index in [9.17, 15) is 14.4 Å². The summed E-state index contributed by atoms with van der Waals surface area (Å²) in [6.07, 6.45) is 0.749. The van der Waals surface area contributed by atoms with E-state index in [1.165, 1.54) is 20.4 Å². The van der Waals surface area contributed by atoms with E-state index in [-0.39, 0.29) is 17.4 Å². The molecule has 0 radical (unpaired) electrons. The first-order valence-corrected chi connectivity index (χ1v) is 12.8. The number of nitrogen functional groups attached to an aromatic ring is 1. The molecule has 0 bridgehead atoms. The van der Waals surface area contributed by atoms with Crippen LogP contribution in [-0.4, -0.2) is 43.8 Å². The Morgan fingerprint density at radius 1 is 0.902 bits per heavy atom. The molecule has 3 aromatic carbocycles. The maximum Gasteiger partial charge on any atom is 0.414 e. The van der Waals surface area contributed by atoms with Gasteiger partial charge in [0.1, 0.15) is 17.4 Å². The molecule has 41 heavy (non-hydrogen) atoms. The number of hydrogen-bond acceptors (Lipinski definition) is 7. The van der Waals surface area contributed by atoms with Crippen LogP contribution >= 0.6 is 0 Å². The van der Waals surface area contributed by atoms with Crippen molar-refractivity contribution in [1.29, 1.82) is 0 Å². The third-order valence-corrected chi connectivity index (χ3v) is 6.21. The maximum absolute atomic E-state index is 13.9. The zero-order valence-corrected chi connectivity index (χ0v) is 23.0. The number of imidazole rings is 1. The zero-order valence-electron chi connectivity index (χ0n) is 23.0. The minimum atomic E-state index is -0.667. The first-order valence-electron chi connectivity index (χ1n) is 12.8. The molecule has 2 aromatic heterocycles. The van der Waals surface area contributed by atoms with E-state index in [0.717, 1.165) is 0 Å². The van der Waals surface area contributed by atoms with Gasteiger partial charge in [0.2, 0.25) is 0 Å². The molecule has 5 aromatic rings. The van der Waals surface area contributed by atoms with Gasteiger partial charge in [0.15, 0.2) is 11.5 Å². The average molecular weight is 552 g/mol. The summed E-state index contributed by atoms with van der Waals surface area (Å²) in [5.74, 6) is -0.176. The number of hydrogen-bond donors (Lipinski definition) is 2. The summed E-state index contributed by atoms with van der Waals surface area (Å²) in [6, 6.07) is 22.6. The van der Waals surface area contributed by atoms with Crippen molar-refractivity contribution >= 4 is 40.4 Å². The van der Waals surface area contributed by atoms with E-state index in [4.69, 9.17) is 10.5 Å². The summed E-state index contributed by atoms with van der Waals surface area (Å²) in [6.45, 7) is 5.36. The number of anilines is 3. The highest BCUT2D eigenvalue weighted by atomic mass is 16.6. The second-order valence-corrected chi connectivity index (χ2v) is 10.3. The topological polar surface area (TPSA) is 137 Å². The molecule has 0 saturated heterocycles. The fourth-order valence-electron chi connectivity index (χ4n) is 4.28. The Hall–Kier alpha value is -5.45. The van der Waals surface area contributed by atoms with E-state index < -0.39 is 17.4 Å². The highest BCUT2D eigenvalue weighted by molar-refractivity contribution is 6.04. The fraction of sp³-hybridized carbons (Fsp3) is 0.167. The summed E-state index contributed by atoms with van der Waals surface area (Å²) >= 11 is 0. The number of carbonyl (C=O) groups is 2. The molecule has 0 unspecified atom stereocenters. The van der Waals surface area contributed by atoms with Crippen molar-refractivity contribution in [2.45, 2.75) is 26.4 Å². The van der Waals surface area contributed by atoms with Crippen LogP contribution in [0.25, 0.3) is 22.5 Å². The van der Waals surface area contributed by atoms with Crippen molar-refractivity contribution in [3.63, 3.8) is 0 Å². The summed E-state index contributed by atoms with van der Waals surface area (Å²) in [4.78, 5) is 49.1. The number of fused-ring (bicyclic) bond motifs is 1. The highest BCUT2D eigenvalue weighted by Gasteiger charge is 2.23. The number of amides is 2. The summed E-state index contributed by atoms with van der Waals surface area (Å²) < 4.78 is 8.27. The van der Waals surface area contributed by atoms with Crippen molar-refractivity contribution < 1.29 is 14.3 Å². The van der Waals surface area contributed by atoms with Crippen LogP contribution in [0.5, 0.6) is 0 Å². The standard InChI is InChI=1S/C30H29N7O4/c1-30(2,3)41-29(40)35(4)22-11-8-12-23(17-22)37-26-24(25(31)32-18-33-26)36(28(37)39)21-15-13-19(14-16-21)27(38)34-20-9-6-5-7-10-20/h5-18H,1-4H3,(H,34,38)(H2,31,32,33). The number of aromatic nitrogens is 4. The minimum Gasteiger partial charge on any atom is -0.443 e. The van der Waals surface area contributed by atoms with E-state index in [0.29, 0.717) is 33.8 Å². The number of rotatable bonds is 5. The molecule has 0 fully saturated rings. The van der Waals surface area contributed by atoms with Crippen LogP contribution in [0.1, 0.15) is 31.1 Å². The number of nitrogens with one attached hydrogen (secondary N) is 1. The largest absolute Gasteiger partial charge is 0.443 e. The molecule has 0 aliphatic rings. The molecular formula is C30H29N7O4. The van der Waals surface area contributed by atoms with Crippen molar-refractivity contribution in [2.75, 3.05) is 23.0 Å². The van der Waals surface area contributed by atoms with Gasteiger partial charge in [0, 0.05) is 24.0 Å². The minimum absolute atomic E-state index is 0.110. The van der Waals surface area contributed by atoms with Crippen LogP contribution in [0.15, 0.2) is 90.0 Å². The smallest absolute Gasteiger partial charge is 0.414 e. The summed E-state index contributed by atoms with van der Waals surface area (Å²) in [5.41, 5.74) is 8.24. The van der Waals surface area contributed by atoms with Gasteiger partial charge in [0.05, 0.1) is 11.4 Å². The zero-order chi connectivity index (χ0) is 29.3. The summed E-state index contributed by atoms with van der Waals surface area (Å²) in [7, 11) is 1.59. The van der Waals surface area contributed by atoms with Crippen molar-refractivity contribution in [1.82, 2.24) is 19.1 Å². The summed E-state index contributed by atoms with van der Waals surface area (Å²) in [5, 5.41) is 2.84. The quantitative estimate of drug-likeness (QED) is 0.321. The lowest BCUT2D eigenvalue weighted by Gasteiger charge is -2.25. The monoisotopic (exact) mass is 551 g/mol. The average Bonchev–Trinajstić information content (AvgIpc) is 3.25. The Morgan fingerprint density at radius 3 is 2.29 bits per heavy atom. The molecule has 11 nitrogen and oxygen atoms in total. The number of nitrogens with two attached hydrogens (primary N) is 1. The predicted molar refractivity (Wildman–Crippen MR) is 158 cm³/mol. The number of nitrogens with zero attached hydrogens (tertiary/aromatic N) is 5. The molecule has 3 N–H and O–H groups in total. The van der Waals surface area contributed by atoms with Crippen LogP contribution in [0, 0.1) is 0 Å². The van der Waals surface area contributed by atoms with E-state index in [2.05, 4.69) is 15.3 Å². The fourth-order valence-corrected chi connectivity index (χ4v) is 4.28. The van der Waals surface area contributed by atoms with Crippen LogP contribution in [0.2, 0.25) is 0 Å². The Bertz CT molecular complexity index is 1800. The molecule has 0 spiro atoms.